The monoisotopic (exact) mass is 347 g/mol. The highest BCUT2D eigenvalue weighted by atomic mass is 16.3. The summed E-state index contributed by atoms with van der Waals surface area (Å²) in [5.41, 5.74) is 3.18. The predicted octanol–water partition coefficient (Wildman–Crippen LogP) is 3.75. The molecule has 2 heterocycles. The Balaban J connectivity index is 1.89. The first-order chi connectivity index (χ1) is 12.7. The molecule has 0 saturated carbocycles. The van der Waals surface area contributed by atoms with Crippen LogP contribution in [0.4, 0.5) is 0 Å². The molecule has 1 aromatic carbocycles. The lowest BCUT2D eigenvalue weighted by molar-refractivity contribution is 0.252. The Labute approximate surface area is 149 Å². The molecule has 2 N–H and O–H groups in total. The summed E-state index contributed by atoms with van der Waals surface area (Å²) in [7, 11) is 0. The number of pyridine rings is 1. The van der Waals surface area contributed by atoms with E-state index in [-0.39, 0.29) is 12.3 Å². The molecule has 1 atom stereocenters. The molecule has 6 heteroatoms. The topological polar surface area (TPSA) is 87.7 Å². The summed E-state index contributed by atoms with van der Waals surface area (Å²) in [5, 5.41) is 25.2. The Hall–Kier alpha value is -3.25. The zero-order valence-electron chi connectivity index (χ0n) is 13.9. The third kappa shape index (κ3) is 2.80. The van der Waals surface area contributed by atoms with Gasteiger partial charge in [0.1, 0.15) is 12.3 Å². The second-order valence-corrected chi connectivity index (χ2v) is 6.22. The minimum absolute atomic E-state index is 0.0305. The van der Waals surface area contributed by atoms with Crippen LogP contribution in [0, 0.1) is 4.91 Å². The van der Waals surface area contributed by atoms with Gasteiger partial charge >= 0.3 is 0 Å². The Morgan fingerprint density at radius 3 is 2.88 bits per heavy atom. The summed E-state index contributed by atoms with van der Waals surface area (Å²) in [6.07, 6.45) is 7.35. The van der Waals surface area contributed by atoms with Crippen molar-refractivity contribution in [3.05, 3.63) is 82.8 Å². The Morgan fingerprint density at radius 2 is 2.04 bits per heavy atom. The molecule has 0 spiro atoms. The van der Waals surface area contributed by atoms with Crippen molar-refractivity contribution in [1.82, 2.24) is 9.55 Å². The van der Waals surface area contributed by atoms with Gasteiger partial charge in [-0.3, -0.25) is 4.98 Å². The van der Waals surface area contributed by atoms with Crippen LogP contribution in [0.25, 0.3) is 21.8 Å². The number of aliphatic hydroxyl groups excluding tert-OH is 2. The normalized spacial score (nSPS) is 17.2. The van der Waals surface area contributed by atoms with Crippen LogP contribution in [0.5, 0.6) is 0 Å². The number of fused-ring (bicyclic) bond motifs is 3. The smallest absolute Gasteiger partial charge is 0.123 e. The largest absolute Gasteiger partial charge is 0.508 e. The van der Waals surface area contributed by atoms with Gasteiger partial charge < -0.3 is 14.8 Å². The lowest BCUT2D eigenvalue weighted by Gasteiger charge is -2.14. The average molecular weight is 347 g/mol. The number of benzene rings is 1. The summed E-state index contributed by atoms with van der Waals surface area (Å²) < 4.78 is 2.05. The quantitative estimate of drug-likeness (QED) is 0.704. The molecule has 130 valence electrons. The molecule has 26 heavy (non-hydrogen) atoms. The van der Waals surface area contributed by atoms with Crippen molar-refractivity contribution in [3.63, 3.8) is 0 Å². The van der Waals surface area contributed by atoms with Gasteiger partial charge in [0.25, 0.3) is 0 Å². The number of aliphatic hydroxyl groups is 2. The number of rotatable bonds is 4. The van der Waals surface area contributed by atoms with Crippen LogP contribution < -0.4 is 0 Å². The fourth-order valence-corrected chi connectivity index (χ4v) is 3.34. The van der Waals surface area contributed by atoms with Crippen molar-refractivity contribution in [1.29, 1.82) is 0 Å². The molecular formula is C20H17N3O3. The molecule has 0 amide bonds. The third-order valence-electron chi connectivity index (χ3n) is 4.56. The number of para-hydroxylation sites is 1. The standard InChI is InChI=1S/C20H17N3O3/c24-15-4-3-7-20(25)13(8-15)12-23-18-6-2-1-5-16(18)17-9-14(10-22-26)21-11-19(17)23/h1-9,11,20,24-25H,10,12H2. The van der Waals surface area contributed by atoms with E-state index in [9.17, 15) is 15.1 Å². The minimum atomic E-state index is -0.779. The third-order valence-corrected chi connectivity index (χ3v) is 4.56. The fraction of sp³-hybridized carbons (Fsp3) is 0.150. The van der Waals surface area contributed by atoms with E-state index in [0.29, 0.717) is 17.8 Å². The van der Waals surface area contributed by atoms with E-state index in [2.05, 4.69) is 14.7 Å². The number of allylic oxidation sites excluding steroid dienone is 3. The highest BCUT2D eigenvalue weighted by Crippen LogP contribution is 2.30. The number of hydrogen-bond donors (Lipinski definition) is 2. The molecule has 1 aliphatic rings. The van der Waals surface area contributed by atoms with Crippen molar-refractivity contribution in [2.75, 3.05) is 0 Å². The molecule has 0 fully saturated rings. The van der Waals surface area contributed by atoms with E-state index in [4.69, 9.17) is 0 Å². The minimum Gasteiger partial charge on any atom is -0.508 e. The Bertz CT molecular complexity index is 1090. The van der Waals surface area contributed by atoms with E-state index in [0.717, 1.165) is 21.8 Å². The number of nitrogens with zero attached hydrogens (tertiary/aromatic N) is 3. The predicted molar refractivity (Wildman–Crippen MR) is 101 cm³/mol. The Morgan fingerprint density at radius 1 is 1.19 bits per heavy atom. The van der Waals surface area contributed by atoms with Crippen molar-refractivity contribution >= 4 is 21.8 Å². The molecule has 0 radical (unpaired) electrons. The van der Waals surface area contributed by atoms with Crippen LogP contribution in [-0.4, -0.2) is 25.9 Å². The zero-order chi connectivity index (χ0) is 18.1. The summed E-state index contributed by atoms with van der Waals surface area (Å²) in [6.45, 7) is 0.434. The Kier molecular flexibility index (Phi) is 4.10. The number of nitroso groups, excluding NO2 is 1. The van der Waals surface area contributed by atoms with Crippen LogP contribution in [0.1, 0.15) is 5.69 Å². The van der Waals surface area contributed by atoms with E-state index in [1.807, 2.05) is 30.3 Å². The summed E-state index contributed by atoms with van der Waals surface area (Å²) in [6, 6.07) is 9.81. The lowest BCUT2D eigenvalue weighted by atomic mass is 10.1. The number of hydrogen-bond acceptors (Lipinski definition) is 5. The fourth-order valence-electron chi connectivity index (χ4n) is 3.34. The van der Waals surface area contributed by atoms with Crippen molar-refractivity contribution in [2.24, 2.45) is 5.18 Å². The van der Waals surface area contributed by atoms with Gasteiger partial charge in [-0.2, -0.15) is 4.91 Å². The van der Waals surface area contributed by atoms with Crippen LogP contribution in [0.15, 0.2) is 77.3 Å². The maximum atomic E-state index is 10.6. The van der Waals surface area contributed by atoms with Gasteiger partial charge in [0.15, 0.2) is 0 Å². The zero-order valence-corrected chi connectivity index (χ0v) is 13.9. The van der Waals surface area contributed by atoms with E-state index >= 15 is 0 Å². The van der Waals surface area contributed by atoms with Gasteiger partial charge in [-0.1, -0.05) is 35.5 Å². The SMILES string of the molecule is O=NCc1cc2c3ccccc3n(CC3=CC(O)=CC=CC3O)c2cn1. The second-order valence-electron chi connectivity index (χ2n) is 6.22. The maximum Gasteiger partial charge on any atom is 0.123 e. The lowest BCUT2D eigenvalue weighted by Crippen LogP contribution is -2.13. The molecule has 0 aliphatic heterocycles. The molecule has 3 aromatic rings. The van der Waals surface area contributed by atoms with E-state index in [1.165, 1.54) is 0 Å². The van der Waals surface area contributed by atoms with E-state index < -0.39 is 6.10 Å². The molecule has 0 bridgehead atoms. The molecule has 0 saturated heterocycles. The highest BCUT2D eigenvalue weighted by Gasteiger charge is 2.16. The molecule has 2 aromatic heterocycles. The summed E-state index contributed by atoms with van der Waals surface area (Å²) in [4.78, 5) is 14.9. The molecule has 1 unspecified atom stereocenters. The van der Waals surface area contributed by atoms with Crippen LogP contribution in [0.3, 0.4) is 0 Å². The van der Waals surface area contributed by atoms with Crippen LogP contribution >= 0.6 is 0 Å². The van der Waals surface area contributed by atoms with Crippen LogP contribution in [-0.2, 0) is 13.1 Å². The van der Waals surface area contributed by atoms with Gasteiger partial charge in [-0.05, 0) is 29.9 Å². The average Bonchev–Trinajstić information content (AvgIpc) is 2.85. The summed E-state index contributed by atoms with van der Waals surface area (Å²) >= 11 is 0. The molecule has 1 aliphatic carbocycles. The van der Waals surface area contributed by atoms with Crippen LogP contribution in [0.2, 0.25) is 0 Å². The van der Waals surface area contributed by atoms with Gasteiger partial charge in [-0.25, -0.2) is 0 Å². The van der Waals surface area contributed by atoms with Crippen molar-refractivity contribution in [2.45, 2.75) is 19.2 Å². The van der Waals surface area contributed by atoms with Gasteiger partial charge in [0.2, 0.25) is 0 Å². The first kappa shape index (κ1) is 16.2. The van der Waals surface area contributed by atoms with E-state index in [1.54, 1.807) is 30.5 Å². The first-order valence-corrected chi connectivity index (χ1v) is 8.28. The molecule has 4 rings (SSSR count). The maximum absolute atomic E-state index is 10.6. The molecular weight excluding hydrogens is 330 g/mol. The highest BCUT2D eigenvalue weighted by molar-refractivity contribution is 6.07. The van der Waals surface area contributed by atoms with Crippen molar-refractivity contribution in [3.8, 4) is 0 Å². The molecule has 6 nitrogen and oxygen atoms in total. The van der Waals surface area contributed by atoms with Crippen molar-refractivity contribution < 1.29 is 10.2 Å². The first-order valence-electron chi connectivity index (χ1n) is 8.28. The van der Waals surface area contributed by atoms with Gasteiger partial charge in [0.05, 0.1) is 23.5 Å². The summed E-state index contributed by atoms with van der Waals surface area (Å²) in [5.74, 6) is 0.103. The second kappa shape index (κ2) is 6.57. The number of aromatic nitrogens is 2. The van der Waals surface area contributed by atoms with Gasteiger partial charge in [-0.15, -0.1) is 0 Å². The van der Waals surface area contributed by atoms with Gasteiger partial charge in [0, 0.05) is 22.8 Å².